The van der Waals surface area contributed by atoms with Crippen LogP contribution in [0.1, 0.15) is 0 Å². The first-order valence-corrected chi connectivity index (χ1v) is 0.400. The second kappa shape index (κ2) is 29.1. The van der Waals surface area contributed by atoms with E-state index in [1.54, 1.807) is 0 Å². The molecule has 0 spiro atoms. The molecule has 0 aromatic carbocycles. The van der Waals surface area contributed by atoms with E-state index < -0.39 is 0 Å². The minimum Gasteiger partial charge on any atom is -0.373 e. The first-order chi connectivity index (χ1) is 1.41. The minimum absolute atomic E-state index is 0. The molecule has 0 heterocycles. The van der Waals surface area contributed by atoms with Crippen molar-refractivity contribution in [3.05, 3.63) is 23.4 Å². The summed E-state index contributed by atoms with van der Waals surface area (Å²) in [6.07, 6.45) is 0. The minimum atomic E-state index is 0. The zero-order chi connectivity index (χ0) is 2.71. The quantitative estimate of drug-likeness (QED) is 0.173. The van der Waals surface area contributed by atoms with Crippen molar-refractivity contribution in [2.24, 2.45) is 0 Å². The van der Waals surface area contributed by atoms with Crippen LogP contribution in [0.4, 0.5) is 0 Å². The van der Waals surface area contributed by atoms with E-state index in [0.717, 1.165) is 0 Å². The molecule has 0 atom stereocenters. The first-order valence-electron chi connectivity index (χ1n) is 0.400. The fraction of sp³-hybridized carbons (Fsp3) is 0. The maximum Gasteiger partial charge on any atom is 2.00 e. The summed E-state index contributed by atoms with van der Waals surface area (Å²) in [7, 11) is 0. The summed E-state index contributed by atoms with van der Waals surface area (Å²) in [4.78, 5) is 1.50. The van der Waals surface area contributed by atoms with Gasteiger partial charge in [0.25, 0.3) is 0 Å². The number of hydrogen-bond donors (Lipinski definition) is 0. The third-order valence-electron chi connectivity index (χ3n) is 0. The van der Waals surface area contributed by atoms with Crippen molar-refractivity contribution in [3.63, 3.8) is 0 Å². The molecule has 0 aromatic heterocycles. The van der Waals surface area contributed by atoms with Gasteiger partial charge in [-0.15, -0.1) is 0 Å². The van der Waals surface area contributed by atoms with Crippen molar-refractivity contribution in [3.8, 4) is 0 Å². The summed E-state index contributed by atoms with van der Waals surface area (Å²) >= 11 is 0. The molecular weight excluding hydrogens is 166 g/mol. The van der Waals surface area contributed by atoms with E-state index >= 15 is 0 Å². The summed E-state index contributed by atoms with van der Waals surface area (Å²) in [6.45, 7) is 0. The van der Waals surface area contributed by atoms with Crippen LogP contribution in [-0.2, 0) is 27.3 Å². The average Bonchev–Trinajstić information content (AvgIpc) is 0.918. The van der Waals surface area contributed by atoms with Gasteiger partial charge in [-0.3, -0.25) is 4.91 Å². The second-order valence-electron chi connectivity index (χ2n) is 0.0894. The van der Waals surface area contributed by atoms with Crippen molar-refractivity contribution >= 4 is 0 Å². The molecule has 24 valence electrons. The molecule has 0 aliphatic carbocycles. The molecule has 0 aliphatic rings. The molecule has 0 amide bonds. The van der Waals surface area contributed by atoms with E-state index in [4.69, 9.17) is 11.1 Å². The Morgan fingerprint density at radius 3 is 1.20 bits per heavy atom. The van der Waals surface area contributed by atoms with Gasteiger partial charge in [0.2, 0.25) is 0 Å². The Morgan fingerprint density at radius 1 is 1.20 bits per heavy atom. The van der Waals surface area contributed by atoms with E-state index in [1.165, 1.54) is 4.91 Å². The van der Waals surface area contributed by atoms with Crippen LogP contribution in [-0.4, -0.2) is 0 Å². The summed E-state index contributed by atoms with van der Waals surface area (Å²) in [5.41, 5.74) is 13.5. The van der Waals surface area contributed by atoms with Gasteiger partial charge < -0.3 is 18.5 Å². The average molecular weight is 169 g/mol. The van der Waals surface area contributed by atoms with Crippen LogP contribution < -0.4 is 0 Å². The zero-order valence-electron chi connectivity index (χ0n) is 3.05. The first kappa shape index (κ1) is 18.8. The monoisotopic (exact) mass is 171 g/mol. The molecule has 0 rings (SSSR count). The summed E-state index contributed by atoms with van der Waals surface area (Å²) in [6, 6.07) is 0. The maximum atomic E-state index is 6.75. The van der Waals surface area contributed by atoms with Crippen molar-refractivity contribution in [2.45, 2.75) is 0 Å². The van der Waals surface area contributed by atoms with Gasteiger partial charge in [-0.05, 0) is 0 Å². The molecular formula is CH3CdN3. The molecule has 0 aromatic rings. The number of rotatable bonds is 0. The Bertz CT molecular complexity index is 27.9. The van der Waals surface area contributed by atoms with E-state index in [0.29, 0.717) is 0 Å². The third kappa shape index (κ3) is 391. The van der Waals surface area contributed by atoms with E-state index in [2.05, 4.69) is 0 Å². The van der Waals surface area contributed by atoms with E-state index in [9.17, 15) is 0 Å². The second-order valence-corrected chi connectivity index (χ2v) is 0.0894. The predicted octanol–water partition coefficient (Wildman–Crippen LogP) is 1.31. The maximum absolute atomic E-state index is 6.75. The third-order valence-corrected chi connectivity index (χ3v) is 0. The number of nitrogens with zero attached hydrogens (tertiary/aromatic N) is 3. The van der Waals surface area contributed by atoms with Crippen LogP contribution in [0, 0.1) is 7.43 Å². The zero-order valence-corrected chi connectivity index (χ0v) is 7.09. The topological polar surface area (TPSA) is 58.7 Å². The molecule has 0 aliphatic heterocycles. The van der Waals surface area contributed by atoms with Gasteiger partial charge in [-0.25, -0.2) is 0 Å². The molecule has 0 saturated heterocycles. The van der Waals surface area contributed by atoms with Gasteiger partial charge in [0.15, 0.2) is 0 Å². The van der Waals surface area contributed by atoms with Gasteiger partial charge in [-0.2, -0.15) is 0 Å². The largest absolute Gasteiger partial charge is 2.00 e. The Kier molecular flexibility index (Phi) is 110. The molecule has 0 radical (unpaired) electrons. The molecule has 4 heteroatoms. The molecule has 0 saturated carbocycles. The summed E-state index contributed by atoms with van der Waals surface area (Å²) < 4.78 is 0. The SMILES string of the molecule is [CH3-].[Cd+2].[N-]=[N+]=[N-]. The molecule has 0 fully saturated rings. The summed E-state index contributed by atoms with van der Waals surface area (Å²) in [5.74, 6) is 0. The van der Waals surface area contributed by atoms with Crippen LogP contribution in [0.15, 0.2) is 0 Å². The van der Waals surface area contributed by atoms with Crippen molar-refractivity contribution in [2.75, 3.05) is 0 Å². The molecule has 0 unspecified atom stereocenters. The van der Waals surface area contributed by atoms with E-state index in [-0.39, 0.29) is 34.7 Å². The summed E-state index contributed by atoms with van der Waals surface area (Å²) in [5, 5.41) is 0. The van der Waals surface area contributed by atoms with Crippen molar-refractivity contribution in [1.82, 2.24) is 0 Å². The van der Waals surface area contributed by atoms with Gasteiger partial charge in [0, 0.05) is 0 Å². The Morgan fingerprint density at radius 2 is 1.20 bits per heavy atom. The van der Waals surface area contributed by atoms with Crippen molar-refractivity contribution in [1.29, 1.82) is 0 Å². The van der Waals surface area contributed by atoms with Crippen LogP contribution in [0.25, 0.3) is 16.0 Å². The smallest absolute Gasteiger partial charge is 0.373 e. The van der Waals surface area contributed by atoms with Gasteiger partial charge in [-0.1, -0.05) is 0 Å². The van der Waals surface area contributed by atoms with Crippen LogP contribution in [0.5, 0.6) is 0 Å². The van der Waals surface area contributed by atoms with Crippen LogP contribution in [0.3, 0.4) is 0 Å². The fourth-order valence-corrected chi connectivity index (χ4v) is 0. The Labute approximate surface area is 51.0 Å². The Balaban J connectivity index is -0.0000000200. The standard InChI is InChI=1S/CH3.Cd.N3/c;;1-3-2/h1H3;;/q-1;+2;-1. The van der Waals surface area contributed by atoms with Crippen LogP contribution in [0.2, 0.25) is 0 Å². The molecule has 0 N–H and O–H groups in total. The molecule has 3 nitrogen and oxygen atoms in total. The molecule has 5 heavy (non-hydrogen) atoms. The Hall–Kier alpha value is 0.232. The van der Waals surface area contributed by atoms with Gasteiger partial charge in [0.05, 0.1) is 0 Å². The van der Waals surface area contributed by atoms with E-state index in [1.807, 2.05) is 0 Å². The molecule has 0 bridgehead atoms. The number of hydrogen-bond acceptors (Lipinski definition) is 0. The van der Waals surface area contributed by atoms with Crippen molar-refractivity contribution < 1.29 is 27.3 Å². The normalized spacial score (nSPS) is 1.60. The van der Waals surface area contributed by atoms with Gasteiger partial charge in [0.1, 0.15) is 0 Å². The van der Waals surface area contributed by atoms with Crippen LogP contribution >= 0.6 is 0 Å². The fourth-order valence-electron chi connectivity index (χ4n) is 0. The van der Waals surface area contributed by atoms with Gasteiger partial charge >= 0.3 is 27.3 Å². The predicted molar refractivity (Wildman–Crippen MR) is 16.5 cm³/mol.